The van der Waals surface area contributed by atoms with Crippen molar-refractivity contribution in [2.45, 2.75) is 52.3 Å². The summed E-state index contributed by atoms with van der Waals surface area (Å²) < 4.78 is 22.5. The predicted octanol–water partition coefficient (Wildman–Crippen LogP) is 2.15. The summed E-state index contributed by atoms with van der Waals surface area (Å²) in [4.78, 5) is 0. The molecule has 1 N–H and O–H groups in total. The molecule has 0 amide bonds. The molecule has 1 atom stereocenters. The van der Waals surface area contributed by atoms with Gasteiger partial charge in [0.05, 0.1) is 6.10 Å². The van der Waals surface area contributed by atoms with Crippen LogP contribution in [0.2, 0.25) is 0 Å². The van der Waals surface area contributed by atoms with Crippen LogP contribution in [0.3, 0.4) is 0 Å². The smallest absolute Gasteiger partial charge is 0.286 e. The summed E-state index contributed by atoms with van der Waals surface area (Å²) in [6.45, 7) is 9.08. The van der Waals surface area contributed by atoms with Crippen LogP contribution in [0.1, 0.15) is 34.1 Å². The molecule has 0 aliphatic carbocycles. The lowest BCUT2D eigenvalue weighted by Gasteiger charge is -2.34. The largest absolute Gasteiger partial charge is 0.391 e. The summed E-state index contributed by atoms with van der Waals surface area (Å²) >= 11 is 5.56. The number of hydrogen-bond acceptors (Lipinski definition) is 5. The topological polar surface area (TPSA) is 57.2 Å². The minimum Gasteiger partial charge on any atom is -0.391 e. The fourth-order valence-corrected chi connectivity index (χ4v) is 1.76. The van der Waals surface area contributed by atoms with Crippen molar-refractivity contribution in [3.63, 3.8) is 0 Å². The Bertz CT molecular complexity index is 301. The standard InChI is InChI=1S/C15H27ClO5/c1-5-18-14(19-6-2)15(20-7-3,21-8-4)11-9-10-13(17)12-16/h13-14,17H,5-8,10,12H2,1-4H3. The highest BCUT2D eigenvalue weighted by molar-refractivity contribution is 6.18. The summed E-state index contributed by atoms with van der Waals surface area (Å²) in [5, 5.41) is 9.48. The van der Waals surface area contributed by atoms with Crippen LogP contribution >= 0.6 is 11.6 Å². The molecule has 0 aromatic heterocycles. The maximum Gasteiger partial charge on any atom is 0.286 e. The van der Waals surface area contributed by atoms with E-state index in [4.69, 9.17) is 30.5 Å². The summed E-state index contributed by atoms with van der Waals surface area (Å²) in [6.07, 6.45) is -1.21. The van der Waals surface area contributed by atoms with Gasteiger partial charge in [0.1, 0.15) is 0 Å². The van der Waals surface area contributed by atoms with Crippen LogP contribution in [-0.4, -0.2) is 55.6 Å². The average Bonchev–Trinajstić information content (AvgIpc) is 2.47. The summed E-state index contributed by atoms with van der Waals surface area (Å²) in [5.41, 5.74) is 0. The molecule has 5 nitrogen and oxygen atoms in total. The number of aliphatic hydroxyl groups is 1. The normalized spacial score (nSPS) is 13.1. The summed E-state index contributed by atoms with van der Waals surface area (Å²) in [5.74, 6) is 4.58. The first kappa shape index (κ1) is 20.6. The lowest BCUT2D eigenvalue weighted by atomic mass is 10.2. The monoisotopic (exact) mass is 322 g/mol. The maximum atomic E-state index is 9.48. The Balaban J connectivity index is 5.26. The van der Waals surface area contributed by atoms with Crippen molar-refractivity contribution in [3.8, 4) is 11.8 Å². The Labute approximate surface area is 132 Å². The van der Waals surface area contributed by atoms with Crippen LogP contribution in [-0.2, 0) is 18.9 Å². The second-order valence-electron chi connectivity index (χ2n) is 4.09. The lowest BCUT2D eigenvalue weighted by Crippen LogP contribution is -2.49. The molecule has 0 aliphatic rings. The number of hydrogen-bond donors (Lipinski definition) is 1. The number of halogens is 1. The highest BCUT2D eigenvalue weighted by atomic mass is 35.5. The first-order chi connectivity index (χ1) is 10.1. The molecule has 0 fully saturated rings. The number of rotatable bonds is 11. The molecule has 0 saturated carbocycles. The van der Waals surface area contributed by atoms with Gasteiger partial charge in [-0.05, 0) is 33.6 Å². The van der Waals surface area contributed by atoms with Gasteiger partial charge in [-0.25, -0.2) is 0 Å². The molecule has 1 unspecified atom stereocenters. The van der Waals surface area contributed by atoms with Crippen LogP contribution in [0.15, 0.2) is 0 Å². The Morgan fingerprint density at radius 1 is 1.00 bits per heavy atom. The second-order valence-corrected chi connectivity index (χ2v) is 4.40. The van der Waals surface area contributed by atoms with Gasteiger partial charge in [0.2, 0.25) is 6.29 Å². The van der Waals surface area contributed by atoms with Crippen molar-refractivity contribution >= 4 is 11.6 Å². The van der Waals surface area contributed by atoms with Gasteiger partial charge in [0.15, 0.2) is 0 Å². The highest BCUT2D eigenvalue weighted by Crippen LogP contribution is 2.22. The zero-order valence-corrected chi connectivity index (χ0v) is 14.1. The van der Waals surface area contributed by atoms with Crippen LogP contribution in [0, 0.1) is 11.8 Å². The van der Waals surface area contributed by atoms with Gasteiger partial charge >= 0.3 is 0 Å². The van der Waals surface area contributed by atoms with Crippen LogP contribution in [0.25, 0.3) is 0 Å². The molecule has 0 aliphatic heterocycles. The average molecular weight is 323 g/mol. The summed E-state index contributed by atoms with van der Waals surface area (Å²) in [6, 6.07) is 0. The first-order valence-electron chi connectivity index (χ1n) is 7.35. The third kappa shape index (κ3) is 7.46. The van der Waals surface area contributed by atoms with Crippen molar-refractivity contribution in [2.24, 2.45) is 0 Å². The molecule has 0 rings (SSSR count). The van der Waals surface area contributed by atoms with Gasteiger partial charge in [0, 0.05) is 38.7 Å². The second kappa shape index (κ2) is 12.2. The van der Waals surface area contributed by atoms with E-state index in [1.807, 2.05) is 27.7 Å². The quantitative estimate of drug-likeness (QED) is 0.359. The number of ether oxygens (including phenoxy) is 4. The Morgan fingerprint density at radius 3 is 1.90 bits per heavy atom. The van der Waals surface area contributed by atoms with Gasteiger partial charge in [-0.15, -0.1) is 11.6 Å². The van der Waals surface area contributed by atoms with Gasteiger partial charge < -0.3 is 24.1 Å². The van der Waals surface area contributed by atoms with Crippen molar-refractivity contribution in [3.05, 3.63) is 0 Å². The Hall–Kier alpha value is -0.350. The molecule has 21 heavy (non-hydrogen) atoms. The molecule has 0 saturated heterocycles. The van der Waals surface area contributed by atoms with Gasteiger partial charge in [-0.3, -0.25) is 0 Å². The van der Waals surface area contributed by atoms with E-state index in [-0.39, 0.29) is 12.3 Å². The fraction of sp³-hybridized carbons (Fsp3) is 0.867. The molecule has 6 heteroatoms. The van der Waals surface area contributed by atoms with E-state index < -0.39 is 18.2 Å². The molecule has 0 spiro atoms. The zero-order chi connectivity index (χ0) is 16.1. The van der Waals surface area contributed by atoms with Crippen LogP contribution in [0.5, 0.6) is 0 Å². The molecular formula is C15H27ClO5. The fourth-order valence-electron chi connectivity index (χ4n) is 1.65. The third-order valence-corrected chi connectivity index (χ3v) is 2.80. The van der Waals surface area contributed by atoms with E-state index in [1.54, 1.807) is 0 Å². The zero-order valence-electron chi connectivity index (χ0n) is 13.4. The van der Waals surface area contributed by atoms with Gasteiger partial charge in [0.25, 0.3) is 5.79 Å². The van der Waals surface area contributed by atoms with Crippen LogP contribution in [0.4, 0.5) is 0 Å². The third-order valence-electron chi connectivity index (χ3n) is 2.44. The minimum absolute atomic E-state index is 0.130. The van der Waals surface area contributed by atoms with Gasteiger partial charge in [-0.1, -0.05) is 5.92 Å². The van der Waals surface area contributed by atoms with E-state index in [0.717, 1.165) is 0 Å². The maximum absolute atomic E-state index is 9.48. The first-order valence-corrected chi connectivity index (χ1v) is 7.88. The number of aliphatic hydroxyl groups excluding tert-OH is 1. The number of alkyl halides is 1. The Kier molecular flexibility index (Phi) is 12.0. The van der Waals surface area contributed by atoms with Crippen molar-refractivity contribution in [1.29, 1.82) is 0 Å². The van der Waals surface area contributed by atoms with E-state index in [9.17, 15) is 5.11 Å². The lowest BCUT2D eigenvalue weighted by molar-refractivity contribution is -0.321. The van der Waals surface area contributed by atoms with E-state index in [1.165, 1.54) is 0 Å². The van der Waals surface area contributed by atoms with E-state index >= 15 is 0 Å². The molecule has 124 valence electrons. The van der Waals surface area contributed by atoms with E-state index in [0.29, 0.717) is 26.4 Å². The molecule has 0 radical (unpaired) electrons. The van der Waals surface area contributed by atoms with Crippen molar-refractivity contribution < 1.29 is 24.1 Å². The minimum atomic E-state index is -1.30. The Morgan fingerprint density at radius 2 is 1.52 bits per heavy atom. The van der Waals surface area contributed by atoms with Crippen molar-refractivity contribution in [1.82, 2.24) is 0 Å². The SMILES string of the molecule is CCOC(OCC)C(C#CCC(O)CCl)(OCC)OCC. The van der Waals surface area contributed by atoms with Crippen LogP contribution < -0.4 is 0 Å². The molecule has 0 aromatic rings. The van der Waals surface area contributed by atoms with Crippen molar-refractivity contribution in [2.75, 3.05) is 32.3 Å². The molecule has 0 aromatic carbocycles. The van der Waals surface area contributed by atoms with Gasteiger partial charge in [-0.2, -0.15) is 0 Å². The van der Waals surface area contributed by atoms with E-state index in [2.05, 4.69) is 11.8 Å². The molecule has 0 bridgehead atoms. The molecule has 0 heterocycles. The predicted molar refractivity (Wildman–Crippen MR) is 82.1 cm³/mol. The molecular weight excluding hydrogens is 296 g/mol. The summed E-state index contributed by atoms with van der Waals surface area (Å²) in [7, 11) is 0. The highest BCUT2D eigenvalue weighted by Gasteiger charge is 2.41.